The summed E-state index contributed by atoms with van der Waals surface area (Å²) in [5, 5.41) is 1.99. The number of thiocarbonyl (C=S) groups is 1. The number of ether oxygens (including phenoxy) is 1. The number of carbonyl (C=O) groups excluding carboxylic acids is 1. The normalized spacial score (nSPS) is 15.9. The van der Waals surface area contributed by atoms with Crippen molar-refractivity contribution in [1.82, 2.24) is 9.99 Å². The number of amides is 1. The maximum Gasteiger partial charge on any atom is 0.285 e. The van der Waals surface area contributed by atoms with Crippen LogP contribution in [0.1, 0.15) is 5.56 Å². The van der Waals surface area contributed by atoms with Crippen LogP contribution in [0.2, 0.25) is 0 Å². The molecule has 0 aliphatic carbocycles. The summed E-state index contributed by atoms with van der Waals surface area (Å²) in [5.41, 5.74) is 4.74. The standard InChI is InChI=1S/C18H13N3O2S3/c1-23-13-8-4-2-6-11(13)10-15-16(22)21(18(24)26-15)20-17-19-12-7-3-5-9-14(12)25-17/h2-10H,1H3,(H,19,20). The van der Waals surface area contributed by atoms with Gasteiger partial charge >= 0.3 is 0 Å². The second-order valence-electron chi connectivity index (χ2n) is 5.36. The Labute approximate surface area is 163 Å². The fourth-order valence-corrected chi connectivity index (χ4v) is 4.53. The van der Waals surface area contributed by atoms with Gasteiger partial charge in [-0.25, -0.2) is 4.98 Å². The molecule has 1 N–H and O–H groups in total. The number of thioether (sulfide) groups is 1. The SMILES string of the molecule is COc1ccccc1C=C1SC(=S)N(Nc2nc3ccccc3s2)C1=O. The van der Waals surface area contributed by atoms with Crippen molar-refractivity contribution in [2.24, 2.45) is 0 Å². The van der Waals surface area contributed by atoms with Gasteiger partial charge in [0, 0.05) is 5.56 Å². The molecule has 0 spiro atoms. The van der Waals surface area contributed by atoms with E-state index in [9.17, 15) is 4.79 Å². The van der Waals surface area contributed by atoms with Crippen molar-refractivity contribution in [3.63, 3.8) is 0 Å². The summed E-state index contributed by atoms with van der Waals surface area (Å²) in [6.07, 6.45) is 1.79. The molecule has 1 aliphatic rings. The van der Waals surface area contributed by atoms with Crippen LogP contribution in [0, 0.1) is 0 Å². The topological polar surface area (TPSA) is 54.5 Å². The monoisotopic (exact) mass is 399 g/mol. The smallest absolute Gasteiger partial charge is 0.285 e. The fraction of sp³-hybridized carbons (Fsp3) is 0.0556. The van der Waals surface area contributed by atoms with Gasteiger partial charge in [-0.3, -0.25) is 10.2 Å². The second kappa shape index (κ2) is 7.06. The first-order valence-corrected chi connectivity index (χ1v) is 9.73. The summed E-state index contributed by atoms with van der Waals surface area (Å²) in [4.78, 5) is 17.8. The lowest BCUT2D eigenvalue weighted by atomic mass is 10.2. The Morgan fingerprint density at radius 3 is 2.77 bits per heavy atom. The molecule has 1 fully saturated rings. The highest BCUT2D eigenvalue weighted by atomic mass is 32.2. The third-order valence-corrected chi connectivity index (χ3v) is 5.96. The molecule has 1 amide bonds. The van der Waals surface area contributed by atoms with Gasteiger partial charge in [0.25, 0.3) is 5.91 Å². The van der Waals surface area contributed by atoms with Gasteiger partial charge in [0.15, 0.2) is 4.32 Å². The number of anilines is 1. The number of hydrazine groups is 1. The molecule has 1 aliphatic heterocycles. The fourth-order valence-electron chi connectivity index (χ4n) is 2.51. The van der Waals surface area contributed by atoms with Gasteiger partial charge in [-0.15, -0.1) is 0 Å². The molecule has 26 heavy (non-hydrogen) atoms. The summed E-state index contributed by atoms with van der Waals surface area (Å²) >= 11 is 8.09. The van der Waals surface area contributed by atoms with Crippen LogP contribution in [0.15, 0.2) is 53.4 Å². The molecule has 1 saturated heterocycles. The van der Waals surface area contributed by atoms with Gasteiger partial charge in [0.2, 0.25) is 5.13 Å². The number of hydrogen-bond acceptors (Lipinski definition) is 7. The zero-order valence-electron chi connectivity index (χ0n) is 13.6. The quantitative estimate of drug-likeness (QED) is 0.514. The molecule has 0 bridgehead atoms. The molecule has 0 unspecified atom stereocenters. The number of fused-ring (bicyclic) bond motifs is 1. The Balaban J connectivity index is 1.60. The van der Waals surface area contributed by atoms with E-state index < -0.39 is 0 Å². The van der Waals surface area contributed by atoms with E-state index in [1.165, 1.54) is 28.1 Å². The molecule has 0 radical (unpaired) electrons. The third kappa shape index (κ3) is 3.18. The molecule has 0 atom stereocenters. The van der Waals surface area contributed by atoms with Crippen molar-refractivity contribution in [1.29, 1.82) is 0 Å². The summed E-state index contributed by atoms with van der Waals surface area (Å²) in [6.45, 7) is 0. The Bertz CT molecular complexity index is 1010. The van der Waals surface area contributed by atoms with Crippen molar-refractivity contribution < 1.29 is 9.53 Å². The lowest BCUT2D eigenvalue weighted by molar-refractivity contribution is -0.121. The van der Waals surface area contributed by atoms with Crippen LogP contribution in [-0.4, -0.2) is 27.3 Å². The van der Waals surface area contributed by atoms with Gasteiger partial charge in [-0.2, -0.15) is 5.01 Å². The van der Waals surface area contributed by atoms with Crippen molar-refractivity contribution in [2.75, 3.05) is 12.5 Å². The van der Waals surface area contributed by atoms with Crippen molar-refractivity contribution in [3.05, 3.63) is 59.0 Å². The Kier molecular flexibility index (Phi) is 4.62. The minimum Gasteiger partial charge on any atom is -0.496 e. The van der Waals surface area contributed by atoms with Crippen LogP contribution < -0.4 is 10.2 Å². The highest BCUT2D eigenvalue weighted by Gasteiger charge is 2.33. The Hall–Kier alpha value is -2.42. The molecule has 1 aromatic heterocycles. The average Bonchev–Trinajstić information content (AvgIpc) is 3.18. The number of benzene rings is 2. The largest absolute Gasteiger partial charge is 0.496 e. The van der Waals surface area contributed by atoms with E-state index in [2.05, 4.69) is 10.4 Å². The molecule has 0 saturated carbocycles. The summed E-state index contributed by atoms with van der Waals surface area (Å²) < 4.78 is 6.82. The van der Waals surface area contributed by atoms with Crippen LogP contribution in [0.5, 0.6) is 5.75 Å². The van der Waals surface area contributed by atoms with E-state index in [0.29, 0.717) is 20.1 Å². The maximum atomic E-state index is 12.8. The molecule has 5 nitrogen and oxygen atoms in total. The van der Waals surface area contributed by atoms with E-state index in [0.717, 1.165) is 15.8 Å². The van der Waals surface area contributed by atoms with Gasteiger partial charge in [0.1, 0.15) is 5.75 Å². The average molecular weight is 400 g/mol. The minimum absolute atomic E-state index is 0.204. The van der Waals surface area contributed by atoms with Gasteiger partial charge in [-0.1, -0.05) is 53.4 Å². The first-order valence-electron chi connectivity index (χ1n) is 7.69. The number of nitrogens with zero attached hydrogens (tertiary/aromatic N) is 2. The van der Waals surface area contributed by atoms with Crippen LogP contribution in [-0.2, 0) is 4.79 Å². The van der Waals surface area contributed by atoms with Crippen molar-refractivity contribution >= 4 is 67.0 Å². The summed E-state index contributed by atoms with van der Waals surface area (Å²) in [6, 6.07) is 15.3. The highest BCUT2D eigenvalue weighted by Crippen LogP contribution is 2.35. The van der Waals surface area contributed by atoms with Crippen LogP contribution in [0.3, 0.4) is 0 Å². The third-order valence-electron chi connectivity index (χ3n) is 3.72. The predicted octanol–water partition coefficient (Wildman–Crippen LogP) is 4.53. The second-order valence-corrected chi connectivity index (χ2v) is 8.06. The van der Waals surface area contributed by atoms with E-state index in [4.69, 9.17) is 17.0 Å². The molecular formula is C18H13N3O2S3. The first kappa shape index (κ1) is 17.0. The molecule has 8 heteroatoms. The number of rotatable bonds is 4. The number of methoxy groups -OCH3 is 1. The van der Waals surface area contributed by atoms with Gasteiger partial charge in [-0.05, 0) is 36.5 Å². The number of nitrogens with one attached hydrogen (secondary N) is 1. The highest BCUT2D eigenvalue weighted by molar-refractivity contribution is 8.26. The summed E-state index contributed by atoms with van der Waals surface area (Å²) in [7, 11) is 1.60. The van der Waals surface area contributed by atoms with Crippen molar-refractivity contribution in [3.8, 4) is 5.75 Å². The summed E-state index contributed by atoms with van der Waals surface area (Å²) in [5.74, 6) is 0.502. The van der Waals surface area contributed by atoms with Crippen LogP contribution >= 0.6 is 35.3 Å². The Morgan fingerprint density at radius 2 is 1.96 bits per heavy atom. The first-order chi connectivity index (χ1) is 12.7. The number of thiazole rings is 1. The van der Waals surface area contributed by atoms with Gasteiger partial charge in [0.05, 0.1) is 22.2 Å². The maximum absolute atomic E-state index is 12.8. The zero-order valence-corrected chi connectivity index (χ0v) is 16.1. The molecular weight excluding hydrogens is 386 g/mol. The minimum atomic E-state index is -0.204. The Morgan fingerprint density at radius 1 is 1.19 bits per heavy atom. The number of carbonyl (C=O) groups is 1. The molecule has 4 rings (SSSR count). The van der Waals surface area contributed by atoms with Crippen LogP contribution in [0.25, 0.3) is 16.3 Å². The van der Waals surface area contributed by atoms with E-state index in [1.807, 2.05) is 48.5 Å². The lowest BCUT2D eigenvalue weighted by Gasteiger charge is -2.14. The molecule has 2 aromatic carbocycles. The van der Waals surface area contributed by atoms with E-state index in [1.54, 1.807) is 13.2 Å². The molecule has 3 aromatic rings. The van der Waals surface area contributed by atoms with Crippen LogP contribution in [0.4, 0.5) is 5.13 Å². The molecule has 130 valence electrons. The van der Waals surface area contributed by atoms with Crippen molar-refractivity contribution in [2.45, 2.75) is 0 Å². The molecule has 2 heterocycles. The number of para-hydroxylation sites is 2. The lowest BCUT2D eigenvalue weighted by Crippen LogP contribution is -2.33. The number of hydrogen-bond donors (Lipinski definition) is 1. The van der Waals surface area contributed by atoms with E-state index >= 15 is 0 Å². The zero-order chi connectivity index (χ0) is 18.1. The predicted molar refractivity (Wildman–Crippen MR) is 111 cm³/mol. The number of aromatic nitrogens is 1. The van der Waals surface area contributed by atoms with E-state index in [-0.39, 0.29) is 5.91 Å². The van der Waals surface area contributed by atoms with Gasteiger partial charge < -0.3 is 4.74 Å².